The van der Waals surface area contributed by atoms with E-state index in [1.165, 1.54) is 4.90 Å². The van der Waals surface area contributed by atoms with Crippen molar-refractivity contribution in [2.24, 2.45) is 0 Å². The minimum atomic E-state index is -3.82. The number of nitrogens with zero attached hydrogens (tertiary/aromatic N) is 2. The molecule has 0 aliphatic heterocycles. The second-order valence-corrected chi connectivity index (χ2v) is 13.6. The molecule has 1 N–H and O–H groups in total. The molecule has 0 heterocycles. The van der Waals surface area contributed by atoms with E-state index in [0.717, 1.165) is 33.7 Å². The Morgan fingerprint density at radius 3 is 2.05 bits per heavy atom. The number of hydrogen-bond acceptors (Lipinski definition) is 4. The predicted molar refractivity (Wildman–Crippen MR) is 167 cm³/mol. The lowest BCUT2D eigenvalue weighted by atomic mass is 9.87. The van der Waals surface area contributed by atoms with Crippen molar-refractivity contribution in [1.29, 1.82) is 0 Å². The monoisotopic (exact) mass is 597 g/mol. The van der Waals surface area contributed by atoms with E-state index in [0.29, 0.717) is 17.3 Å². The van der Waals surface area contributed by atoms with Crippen molar-refractivity contribution < 1.29 is 18.0 Å². The number of sulfonamides is 1. The van der Waals surface area contributed by atoms with Gasteiger partial charge in [0.2, 0.25) is 21.8 Å². The molecule has 0 radical (unpaired) electrons. The lowest BCUT2D eigenvalue weighted by Gasteiger charge is -2.33. The van der Waals surface area contributed by atoms with Crippen LogP contribution in [0, 0.1) is 0 Å². The van der Waals surface area contributed by atoms with Crippen LogP contribution in [0.5, 0.6) is 0 Å². The van der Waals surface area contributed by atoms with E-state index in [4.69, 9.17) is 11.6 Å². The van der Waals surface area contributed by atoms with Gasteiger partial charge in [-0.1, -0.05) is 93.9 Å². The first kappa shape index (κ1) is 32.2. The molecule has 9 heteroatoms. The van der Waals surface area contributed by atoms with Crippen LogP contribution >= 0.6 is 11.6 Å². The maximum absolute atomic E-state index is 14.1. The molecule has 41 heavy (non-hydrogen) atoms. The number of hydrogen-bond donors (Lipinski definition) is 1. The lowest BCUT2D eigenvalue weighted by Crippen LogP contribution is -2.53. The van der Waals surface area contributed by atoms with Gasteiger partial charge in [-0.3, -0.25) is 13.9 Å². The highest BCUT2D eigenvalue weighted by molar-refractivity contribution is 7.92. The van der Waals surface area contributed by atoms with Crippen LogP contribution in [-0.4, -0.2) is 50.5 Å². The van der Waals surface area contributed by atoms with E-state index in [-0.39, 0.29) is 24.3 Å². The third kappa shape index (κ3) is 9.33. The zero-order chi connectivity index (χ0) is 30.2. The number of benzene rings is 3. The Morgan fingerprint density at radius 2 is 1.51 bits per heavy atom. The molecule has 3 aromatic rings. The Labute approximate surface area is 249 Å². The first-order valence-corrected chi connectivity index (χ1v) is 16.0. The Kier molecular flexibility index (Phi) is 11.0. The van der Waals surface area contributed by atoms with Gasteiger partial charge in [-0.2, -0.15) is 0 Å². The predicted octanol–water partition coefficient (Wildman–Crippen LogP) is 5.57. The second kappa shape index (κ2) is 14.0. The summed E-state index contributed by atoms with van der Waals surface area (Å²) >= 11 is 6.10. The summed E-state index contributed by atoms with van der Waals surface area (Å²) in [5.74, 6) is -0.781. The van der Waals surface area contributed by atoms with E-state index < -0.39 is 28.5 Å². The standard InChI is InChI=1S/C32H40ClN3O4S/c1-6-20-34-31(38)29(21-24-10-8-7-9-11-24)35(22-25-12-16-27(33)17-13-25)30(37)23-36(41(5,39)40)28-18-14-26(15-19-28)32(2,3)4/h7-19,29H,6,20-23H2,1-5H3,(H,34,38)/t29-/m0/s1. The van der Waals surface area contributed by atoms with E-state index >= 15 is 0 Å². The molecule has 0 aliphatic rings. The van der Waals surface area contributed by atoms with E-state index in [1.54, 1.807) is 36.4 Å². The minimum Gasteiger partial charge on any atom is -0.354 e. The van der Waals surface area contributed by atoms with Crippen LogP contribution in [0.3, 0.4) is 0 Å². The number of rotatable bonds is 12. The van der Waals surface area contributed by atoms with Gasteiger partial charge in [0.25, 0.3) is 0 Å². The highest BCUT2D eigenvalue weighted by Gasteiger charge is 2.33. The van der Waals surface area contributed by atoms with Crippen LogP contribution in [0.2, 0.25) is 5.02 Å². The van der Waals surface area contributed by atoms with Crippen LogP contribution in [-0.2, 0) is 38.0 Å². The normalized spacial score (nSPS) is 12.4. The molecule has 3 rings (SSSR count). The molecule has 0 saturated carbocycles. The molecule has 0 aliphatic carbocycles. The van der Waals surface area contributed by atoms with E-state index in [9.17, 15) is 18.0 Å². The average Bonchev–Trinajstić information content (AvgIpc) is 2.92. The van der Waals surface area contributed by atoms with Crippen LogP contribution in [0.15, 0.2) is 78.9 Å². The maximum Gasteiger partial charge on any atom is 0.244 e. The summed E-state index contributed by atoms with van der Waals surface area (Å²) in [5, 5.41) is 3.48. The highest BCUT2D eigenvalue weighted by atomic mass is 35.5. The molecule has 0 bridgehead atoms. The fourth-order valence-electron chi connectivity index (χ4n) is 4.45. The molecule has 0 unspecified atom stereocenters. The van der Waals surface area contributed by atoms with E-state index in [2.05, 4.69) is 26.1 Å². The first-order chi connectivity index (χ1) is 19.3. The lowest BCUT2D eigenvalue weighted by molar-refractivity contribution is -0.140. The number of amides is 2. The van der Waals surface area contributed by atoms with Crippen molar-refractivity contribution in [2.75, 3.05) is 23.7 Å². The Morgan fingerprint density at radius 1 is 0.902 bits per heavy atom. The van der Waals surface area contributed by atoms with E-state index in [1.807, 2.05) is 49.4 Å². The van der Waals surface area contributed by atoms with Crippen LogP contribution in [0.1, 0.15) is 50.8 Å². The summed E-state index contributed by atoms with van der Waals surface area (Å²) < 4.78 is 27.0. The van der Waals surface area contributed by atoms with Crippen molar-refractivity contribution in [3.8, 4) is 0 Å². The summed E-state index contributed by atoms with van der Waals surface area (Å²) in [7, 11) is -3.82. The summed E-state index contributed by atoms with van der Waals surface area (Å²) in [4.78, 5) is 29.1. The van der Waals surface area contributed by atoms with Crippen LogP contribution in [0.25, 0.3) is 0 Å². The maximum atomic E-state index is 14.1. The molecule has 0 spiro atoms. The quantitative estimate of drug-likeness (QED) is 0.296. The highest BCUT2D eigenvalue weighted by Crippen LogP contribution is 2.26. The van der Waals surface area contributed by atoms with Crippen molar-refractivity contribution in [3.05, 3.63) is 101 Å². The van der Waals surface area contributed by atoms with Crippen molar-refractivity contribution in [2.45, 2.75) is 58.5 Å². The van der Waals surface area contributed by atoms with Gasteiger partial charge in [-0.25, -0.2) is 8.42 Å². The van der Waals surface area contributed by atoms with Crippen molar-refractivity contribution in [3.63, 3.8) is 0 Å². The van der Waals surface area contributed by atoms with Gasteiger partial charge in [-0.05, 0) is 52.8 Å². The zero-order valence-electron chi connectivity index (χ0n) is 24.4. The Bertz CT molecular complexity index is 1400. The SMILES string of the molecule is CCCNC(=O)[C@H](Cc1ccccc1)N(Cc1ccc(Cl)cc1)C(=O)CN(c1ccc(C(C)(C)C)cc1)S(C)(=O)=O. The largest absolute Gasteiger partial charge is 0.354 e. The van der Waals surface area contributed by atoms with Gasteiger partial charge >= 0.3 is 0 Å². The molecule has 1 atom stereocenters. The first-order valence-electron chi connectivity index (χ1n) is 13.7. The number of carbonyl (C=O) groups excluding carboxylic acids is 2. The summed E-state index contributed by atoms with van der Waals surface area (Å²) in [5.41, 5.74) is 2.97. The van der Waals surface area contributed by atoms with Gasteiger partial charge in [0.05, 0.1) is 11.9 Å². The third-order valence-electron chi connectivity index (χ3n) is 6.79. The van der Waals surface area contributed by atoms with Crippen LogP contribution < -0.4 is 9.62 Å². The molecule has 0 aromatic heterocycles. The molecular formula is C32H40ClN3O4S. The van der Waals surface area contributed by atoms with Gasteiger partial charge in [0.1, 0.15) is 12.6 Å². The molecule has 7 nitrogen and oxygen atoms in total. The number of anilines is 1. The summed E-state index contributed by atoms with van der Waals surface area (Å²) in [6.07, 6.45) is 2.09. The minimum absolute atomic E-state index is 0.105. The number of carbonyl (C=O) groups is 2. The summed E-state index contributed by atoms with van der Waals surface area (Å²) in [6.45, 7) is 8.29. The van der Waals surface area contributed by atoms with Gasteiger partial charge in [0, 0.05) is 24.5 Å². The molecule has 3 aromatic carbocycles. The Hall–Kier alpha value is -3.36. The molecule has 220 valence electrons. The third-order valence-corrected chi connectivity index (χ3v) is 8.18. The van der Waals surface area contributed by atoms with Crippen molar-refractivity contribution in [1.82, 2.24) is 10.2 Å². The fraction of sp³-hybridized carbons (Fsp3) is 0.375. The molecular weight excluding hydrogens is 558 g/mol. The topological polar surface area (TPSA) is 86.8 Å². The second-order valence-electron chi connectivity index (χ2n) is 11.2. The number of halogens is 1. The number of nitrogens with one attached hydrogen (secondary N) is 1. The van der Waals surface area contributed by atoms with Crippen molar-refractivity contribution >= 4 is 39.1 Å². The smallest absolute Gasteiger partial charge is 0.244 e. The molecule has 0 fully saturated rings. The Balaban J connectivity index is 2.03. The van der Waals surface area contributed by atoms with Gasteiger partial charge in [-0.15, -0.1) is 0 Å². The van der Waals surface area contributed by atoms with Gasteiger partial charge < -0.3 is 10.2 Å². The molecule has 2 amide bonds. The van der Waals surface area contributed by atoms with Crippen LogP contribution in [0.4, 0.5) is 5.69 Å². The average molecular weight is 598 g/mol. The zero-order valence-corrected chi connectivity index (χ0v) is 26.0. The van der Waals surface area contributed by atoms with Gasteiger partial charge in [0.15, 0.2) is 0 Å². The fourth-order valence-corrected chi connectivity index (χ4v) is 5.42. The molecule has 0 saturated heterocycles. The summed E-state index contributed by atoms with van der Waals surface area (Å²) in [6, 6.07) is 22.8.